The van der Waals surface area contributed by atoms with Crippen molar-refractivity contribution in [1.29, 1.82) is 0 Å². The van der Waals surface area contributed by atoms with Crippen molar-refractivity contribution in [3.05, 3.63) is 59.9 Å². The van der Waals surface area contributed by atoms with Gasteiger partial charge in [0, 0.05) is 0 Å². The molecule has 26 heavy (non-hydrogen) atoms. The standard InChI is InChI=1S/C16H10F3N5OS/c17-16(18,19)10-5-7-11(8-6-10)24-14(21-22-23-24)9-26-15-20-12-3-1-2-4-13(12)25-15/h1-8H,9H2. The van der Waals surface area contributed by atoms with Gasteiger partial charge >= 0.3 is 6.18 Å². The minimum absolute atomic E-state index is 0.348. The zero-order valence-corrected chi connectivity index (χ0v) is 13.8. The predicted molar refractivity (Wildman–Crippen MR) is 87.7 cm³/mol. The molecule has 132 valence electrons. The molecule has 0 fully saturated rings. The summed E-state index contributed by atoms with van der Waals surface area (Å²) in [7, 11) is 0. The predicted octanol–water partition coefficient (Wildman–Crippen LogP) is 4.11. The molecule has 0 unspecified atom stereocenters. The van der Waals surface area contributed by atoms with Crippen molar-refractivity contribution in [2.24, 2.45) is 0 Å². The van der Waals surface area contributed by atoms with E-state index in [4.69, 9.17) is 4.42 Å². The largest absolute Gasteiger partial charge is 0.431 e. The maximum absolute atomic E-state index is 12.7. The third-order valence-corrected chi connectivity index (χ3v) is 4.40. The fourth-order valence-corrected chi connectivity index (χ4v) is 3.07. The van der Waals surface area contributed by atoms with Crippen LogP contribution in [0, 0.1) is 0 Å². The highest BCUT2D eigenvalue weighted by Crippen LogP contribution is 2.30. The van der Waals surface area contributed by atoms with E-state index in [1.807, 2.05) is 24.3 Å². The Morgan fingerprint density at radius 1 is 1.04 bits per heavy atom. The molecule has 4 aromatic rings. The van der Waals surface area contributed by atoms with Gasteiger partial charge in [-0.05, 0) is 46.8 Å². The van der Waals surface area contributed by atoms with Gasteiger partial charge in [-0.15, -0.1) is 5.10 Å². The molecule has 0 atom stereocenters. The first-order valence-electron chi connectivity index (χ1n) is 7.44. The van der Waals surface area contributed by atoms with Gasteiger partial charge in [0.1, 0.15) is 5.52 Å². The average Bonchev–Trinajstić information content (AvgIpc) is 3.25. The second-order valence-electron chi connectivity index (χ2n) is 5.29. The summed E-state index contributed by atoms with van der Waals surface area (Å²) in [4.78, 5) is 4.35. The normalized spacial score (nSPS) is 12.0. The number of nitrogens with zero attached hydrogens (tertiary/aromatic N) is 5. The highest BCUT2D eigenvalue weighted by Gasteiger charge is 2.30. The fourth-order valence-electron chi connectivity index (χ4n) is 2.33. The minimum Gasteiger partial charge on any atom is -0.431 e. The molecule has 0 N–H and O–H groups in total. The Morgan fingerprint density at radius 3 is 2.54 bits per heavy atom. The molecule has 0 spiro atoms. The van der Waals surface area contributed by atoms with Crippen LogP contribution in [-0.2, 0) is 11.9 Å². The van der Waals surface area contributed by atoms with E-state index in [2.05, 4.69) is 20.5 Å². The second kappa shape index (κ2) is 6.45. The number of benzene rings is 2. The summed E-state index contributed by atoms with van der Waals surface area (Å²) in [5.41, 5.74) is 1.14. The molecule has 0 aliphatic rings. The molecule has 0 radical (unpaired) electrons. The van der Waals surface area contributed by atoms with Crippen LogP contribution in [-0.4, -0.2) is 25.2 Å². The zero-order valence-electron chi connectivity index (χ0n) is 13.0. The van der Waals surface area contributed by atoms with Crippen LogP contribution in [0.25, 0.3) is 16.8 Å². The van der Waals surface area contributed by atoms with E-state index in [-0.39, 0.29) is 0 Å². The van der Waals surface area contributed by atoms with Crippen molar-refractivity contribution < 1.29 is 17.6 Å². The van der Waals surface area contributed by atoms with Crippen molar-refractivity contribution in [2.45, 2.75) is 17.2 Å². The topological polar surface area (TPSA) is 69.6 Å². The third-order valence-electron chi connectivity index (χ3n) is 3.57. The maximum atomic E-state index is 12.7. The lowest BCUT2D eigenvalue weighted by molar-refractivity contribution is -0.137. The summed E-state index contributed by atoms with van der Waals surface area (Å²) in [6.45, 7) is 0. The number of alkyl halides is 3. The summed E-state index contributed by atoms with van der Waals surface area (Å²) in [5.74, 6) is 0.818. The van der Waals surface area contributed by atoms with Crippen LogP contribution in [0.5, 0.6) is 0 Å². The van der Waals surface area contributed by atoms with Crippen LogP contribution in [0.2, 0.25) is 0 Å². The van der Waals surface area contributed by atoms with Gasteiger partial charge in [0.05, 0.1) is 17.0 Å². The molecule has 2 aromatic carbocycles. The highest BCUT2D eigenvalue weighted by atomic mass is 32.2. The molecule has 10 heteroatoms. The molecule has 6 nitrogen and oxygen atoms in total. The quantitative estimate of drug-likeness (QED) is 0.499. The van der Waals surface area contributed by atoms with E-state index in [0.717, 1.165) is 17.6 Å². The Bertz CT molecular complexity index is 1010. The first kappa shape index (κ1) is 16.6. The fraction of sp³-hybridized carbons (Fsp3) is 0.125. The molecular formula is C16H10F3N5OS. The average molecular weight is 377 g/mol. The summed E-state index contributed by atoms with van der Waals surface area (Å²) < 4.78 is 45.0. The number of fused-ring (bicyclic) bond motifs is 1. The van der Waals surface area contributed by atoms with Gasteiger partial charge in [-0.2, -0.15) is 17.9 Å². The van der Waals surface area contributed by atoms with E-state index in [1.165, 1.54) is 28.6 Å². The first-order chi connectivity index (χ1) is 12.5. The number of thioether (sulfide) groups is 1. The number of rotatable bonds is 4. The van der Waals surface area contributed by atoms with E-state index < -0.39 is 11.7 Å². The molecular weight excluding hydrogens is 367 g/mol. The Balaban J connectivity index is 1.53. The lowest BCUT2D eigenvalue weighted by Gasteiger charge is -2.08. The van der Waals surface area contributed by atoms with Crippen LogP contribution in [0.1, 0.15) is 11.4 Å². The Kier molecular flexibility index (Phi) is 4.11. The van der Waals surface area contributed by atoms with Crippen molar-refractivity contribution in [3.63, 3.8) is 0 Å². The molecule has 0 aliphatic heterocycles. The highest BCUT2D eigenvalue weighted by molar-refractivity contribution is 7.98. The van der Waals surface area contributed by atoms with E-state index >= 15 is 0 Å². The SMILES string of the molecule is FC(F)(F)c1ccc(-n2nnnc2CSc2nc3ccccc3o2)cc1. The molecule has 0 bridgehead atoms. The Morgan fingerprint density at radius 2 is 1.81 bits per heavy atom. The number of halogens is 3. The molecule has 0 saturated carbocycles. The molecule has 2 aromatic heterocycles. The van der Waals surface area contributed by atoms with Crippen LogP contribution >= 0.6 is 11.8 Å². The smallest absolute Gasteiger partial charge is 0.416 e. The van der Waals surface area contributed by atoms with Crippen LogP contribution < -0.4 is 0 Å². The zero-order chi connectivity index (χ0) is 18.1. The van der Waals surface area contributed by atoms with Gasteiger partial charge < -0.3 is 4.42 Å². The molecule has 0 amide bonds. The van der Waals surface area contributed by atoms with Crippen LogP contribution in [0.15, 0.2) is 58.2 Å². The summed E-state index contributed by atoms with van der Waals surface area (Å²) in [5, 5.41) is 11.8. The van der Waals surface area contributed by atoms with Crippen molar-refractivity contribution >= 4 is 22.9 Å². The molecule has 4 rings (SSSR count). The van der Waals surface area contributed by atoms with Crippen LogP contribution in [0.4, 0.5) is 13.2 Å². The van der Waals surface area contributed by atoms with Crippen LogP contribution in [0.3, 0.4) is 0 Å². The summed E-state index contributed by atoms with van der Waals surface area (Å²) in [6, 6.07) is 12.0. The third kappa shape index (κ3) is 3.27. The van der Waals surface area contributed by atoms with Gasteiger partial charge in [0.25, 0.3) is 5.22 Å². The Labute approximate surface area is 149 Å². The van der Waals surface area contributed by atoms with E-state index in [9.17, 15) is 13.2 Å². The molecule has 0 aliphatic carbocycles. The number of hydrogen-bond donors (Lipinski definition) is 0. The van der Waals surface area contributed by atoms with Gasteiger partial charge in [-0.25, -0.2) is 4.98 Å². The lowest BCUT2D eigenvalue weighted by atomic mass is 10.2. The number of oxazole rings is 1. The van der Waals surface area contributed by atoms with E-state index in [0.29, 0.717) is 28.1 Å². The van der Waals surface area contributed by atoms with Crippen molar-refractivity contribution in [3.8, 4) is 5.69 Å². The number of tetrazole rings is 1. The molecule has 0 saturated heterocycles. The van der Waals surface area contributed by atoms with Gasteiger partial charge in [0.15, 0.2) is 11.4 Å². The lowest BCUT2D eigenvalue weighted by Crippen LogP contribution is -2.06. The maximum Gasteiger partial charge on any atom is 0.416 e. The number of aromatic nitrogens is 5. The number of para-hydroxylation sites is 2. The van der Waals surface area contributed by atoms with Crippen molar-refractivity contribution in [1.82, 2.24) is 25.2 Å². The second-order valence-corrected chi connectivity index (χ2v) is 6.21. The summed E-state index contributed by atoms with van der Waals surface area (Å²) >= 11 is 1.30. The Hall–Kier alpha value is -2.88. The summed E-state index contributed by atoms with van der Waals surface area (Å²) in [6.07, 6.45) is -4.38. The van der Waals surface area contributed by atoms with E-state index in [1.54, 1.807) is 0 Å². The monoisotopic (exact) mass is 377 g/mol. The number of hydrogen-bond acceptors (Lipinski definition) is 6. The van der Waals surface area contributed by atoms with Gasteiger partial charge in [-0.1, -0.05) is 23.9 Å². The van der Waals surface area contributed by atoms with Gasteiger partial charge in [-0.3, -0.25) is 0 Å². The first-order valence-corrected chi connectivity index (χ1v) is 8.42. The van der Waals surface area contributed by atoms with Crippen molar-refractivity contribution in [2.75, 3.05) is 0 Å². The molecule has 2 heterocycles. The minimum atomic E-state index is -4.38. The van der Waals surface area contributed by atoms with Gasteiger partial charge in [0.2, 0.25) is 0 Å².